The molecule has 0 spiro atoms. The number of fused-ring (bicyclic) bond motifs is 1. The number of nitrogens with one attached hydrogen (secondary N) is 1. The maximum atomic E-state index is 5.88. The molecule has 4 rings (SSSR count). The fourth-order valence-electron chi connectivity index (χ4n) is 3.30. The number of para-hydroxylation sites is 1. The van der Waals surface area contributed by atoms with E-state index in [2.05, 4.69) is 34.6 Å². The number of benzene rings is 2. The minimum Gasteiger partial charge on any atom is -0.487 e. The quantitative estimate of drug-likeness (QED) is 0.705. The van der Waals surface area contributed by atoms with Gasteiger partial charge in [-0.05, 0) is 49.2 Å². The standard InChI is InChI=1S/C21H22N2O/c1-4-8-21-16(5-1)9-10-19(23-21)15-24-20-13-11-18(12-14-20)22-17-6-2-3-7-17/h1,4-5,8-14,17,22H,2-3,6-7,15H2. The third-order valence-electron chi connectivity index (χ3n) is 4.62. The monoisotopic (exact) mass is 318 g/mol. The van der Waals surface area contributed by atoms with Crippen LogP contribution >= 0.6 is 0 Å². The van der Waals surface area contributed by atoms with Crippen molar-refractivity contribution in [1.82, 2.24) is 4.98 Å². The predicted octanol–water partition coefficient (Wildman–Crippen LogP) is 5.17. The van der Waals surface area contributed by atoms with Crippen LogP contribution in [0.25, 0.3) is 10.9 Å². The Labute approximate surface area is 142 Å². The van der Waals surface area contributed by atoms with Gasteiger partial charge in [-0.25, -0.2) is 4.98 Å². The Balaban J connectivity index is 1.37. The number of pyridine rings is 1. The van der Waals surface area contributed by atoms with Crippen LogP contribution in [0.5, 0.6) is 5.75 Å². The van der Waals surface area contributed by atoms with E-state index in [0.29, 0.717) is 12.6 Å². The van der Waals surface area contributed by atoms with E-state index in [-0.39, 0.29) is 0 Å². The highest BCUT2D eigenvalue weighted by Gasteiger charge is 2.14. The first-order chi connectivity index (χ1) is 11.9. The van der Waals surface area contributed by atoms with Crippen LogP contribution in [-0.4, -0.2) is 11.0 Å². The fourth-order valence-corrected chi connectivity index (χ4v) is 3.30. The zero-order valence-corrected chi connectivity index (χ0v) is 13.7. The summed E-state index contributed by atoms with van der Waals surface area (Å²) < 4.78 is 5.88. The van der Waals surface area contributed by atoms with Crippen LogP contribution in [0.2, 0.25) is 0 Å². The molecule has 0 amide bonds. The van der Waals surface area contributed by atoms with E-state index in [9.17, 15) is 0 Å². The van der Waals surface area contributed by atoms with Crippen LogP contribution in [0.1, 0.15) is 31.4 Å². The average molecular weight is 318 g/mol. The van der Waals surface area contributed by atoms with Gasteiger partial charge in [0.2, 0.25) is 0 Å². The van der Waals surface area contributed by atoms with Gasteiger partial charge in [0.05, 0.1) is 11.2 Å². The van der Waals surface area contributed by atoms with Crippen molar-refractivity contribution in [2.75, 3.05) is 5.32 Å². The molecule has 24 heavy (non-hydrogen) atoms. The first-order valence-electron chi connectivity index (χ1n) is 8.71. The molecule has 3 nitrogen and oxygen atoms in total. The molecule has 122 valence electrons. The van der Waals surface area contributed by atoms with Crippen molar-refractivity contribution in [2.24, 2.45) is 0 Å². The molecule has 1 aliphatic carbocycles. The first-order valence-corrected chi connectivity index (χ1v) is 8.71. The molecule has 1 heterocycles. The summed E-state index contributed by atoms with van der Waals surface area (Å²) >= 11 is 0. The lowest BCUT2D eigenvalue weighted by atomic mass is 10.2. The predicted molar refractivity (Wildman–Crippen MR) is 98.4 cm³/mol. The molecule has 1 N–H and O–H groups in total. The second kappa shape index (κ2) is 6.91. The lowest BCUT2D eigenvalue weighted by molar-refractivity contribution is 0.302. The molecule has 1 aliphatic rings. The highest BCUT2D eigenvalue weighted by atomic mass is 16.5. The van der Waals surface area contributed by atoms with Gasteiger partial charge < -0.3 is 10.1 Å². The molecule has 0 radical (unpaired) electrons. The van der Waals surface area contributed by atoms with Crippen molar-refractivity contribution in [3.63, 3.8) is 0 Å². The average Bonchev–Trinajstić information content (AvgIpc) is 3.14. The van der Waals surface area contributed by atoms with Gasteiger partial charge in [0.1, 0.15) is 12.4 Å². The van der Waals surface area contributed by atoms with Gasteiger partial charge in [0.15, 0.2) is 0 Å². The molecule has 0 atom stereocenters. The second-order valence-electron chi connectivity index (χ2n) is 6.43. The summed E-state index contributed by atoms with van der Waals surface area (Å²) in [5.74, 6) is 0.877. The topological polar surface area (TPSA) is 34.1 Å². The highest BCUT2D eigenvalue weighted by molar-refractivity contribution is 5.78. The minimum absolute atomic E-state index is 0.486. The lowest BCUT2D eigenvalue weighted by Gasteiger charge is -2.14. The van der Waals surface area contributed by atoms with Gasteiger partial charge in [-0.2, -0.15) is 0 Å². The molecular formula is C21H22N2O. The normalized spacial score (nSPS) is 14.8. The van der Waals surface area contributed by atoms with Crippen LogP contribution in [0.15, 0.2) is 60.7 Å². The molecule has 3 heteroatoms. The third-order valence-corrected chi connectivity index (χ3v) is 4.62. The smallest absolute Gasteiger partial charge is 0.130 e. The molecule has 1 saturated carbocycles. The molecule has 0 bridgehead atoms. The maximum Gasteiger partial charge on any atom is 0.130 e. The Morgan fingerprint density at radius 1 is 0.917 bits per heavy atom. The third kappa shape index (κ3) is 3.51. The Morgan fingerprint density at radius 2 is 1.71 bits per heavy atom. The highest BCUT2D eigenvalue weighted by Crippen LogP contribution is 2.24. The van der Waals surface area contributed by atoms with Gasteiger partial charge in [0.25, 0.3) is 0 Å². The maximum absolute atomic E-state index is 5.88. The summed E-state index contributed by atoms with van der Waals surface area (Å²) in [6.07, 6.45) is 5.26. The van der Waals surface area contributed by atoms with Crippen molar-refractivity contribution < 1.29 is 4.74 Å². The summed E-state index contributed by atoms with van der Waals surface area (Å²) in [6, 6.07) is 21.1. The molecule has 0 unspecified atom stereocenters. The van der Waals surface area contributed by atoms with E-state index in [1.54, 1.807) is 0 Å². The fraction of sp³-hybridized carbons (Fsp3) is 0.286. The van der Waals surface area contributed by atoms with Crippen LogP contribution in [0.4, 0.5) is 5.69 Å². The molecule has 1 fully saturated rings. The summed E-state index contributed by atoms with van der Waals surface area (Å²) in [5, 5.41) is 4.75. The van der Waals surface area contributed by atoms with E-state index in [1.807, 2.05) is 36.4 Å². The molecule has 0 aliphatic heterocycles. The Bertz CT molecular complexity index is 807. The zero-order chi connectivity index (χ0) is 16.2. The Hall–Kier alpha value is -2.55. The molecule has 2 aromatic carbocycles. The number of hydrogen-bond donors (Lipinski definition) is 1. The minimum atomic E-state index is 0.486. The van der Waals surface area contributed by atoms with Crippen molar-refractivity contribution in [2.45, 2.75) is 38.3 Å². The number of nitrogens with zero attached hydrogens (tertiary/aromatic N) is 1. The van der Waals surface area contributed by atoms with E-state index in [0.717, 1.165) is 22.3 Å². The summed E-state index contributed by atoms with van der Waals surface area (Å²) in [6.45, 7) is 0.486. The Kier molecular flexibility index (Phi) is 4.32. The van der Waals surface area contributed by atoms with Gasteiger partial charge in [-0.15, -0.1) is 0 Å². The van der Waals surface area contributed by atoms with E-state index >= 15 is 0 Å². The largest absolute Gasteiger partial charge is 0.487 e. The Morgan fingerprint density at radius 3 is 2.54 bits per heavy atom. The molecule has 0 saturated heterocycles. The van der Waals surface area contributed by atoms with Crippen molar-refractivity contribution in [3.8, 4) is 5.75 Å². The van der Waals surface area contributed by atoms with Gasteiger partial charge in [-0.1, -0.05) is 37.1 Å². The lowest BCUT2D eigenvalue weighted by Crippen LogP contribution is -2.14. The van der Waals surface area contributed by atoms with E-state index in [4.69, 9.17) is 4.74 Å². The summed E-state index contributed by atoms with van der Waals surface area (Å²) in [7, 11) is 0. The summed E-state index contributed by atoms with van der Waals surface area (Å²) in [4.78, 5) is 4.64. The number of hydrogen-bond acceptors (Lipinski definition) is 3. The van der Waals surface area contributed by atoms with Gasteiger partial charge >= 0.3 is 0 Å². The number of rotatable bonds is 5. The van der Waals surface area contributed by atoms with Gasteiger partial charge in [-0.3, -0.25) is 0 Å². The number of ether oxygens (including phenoxy) is 1. The molecule has 3 aromatic rings. The van der Waals surface area contributed by atoms with Crippen molar-refractivity contribution >= 4 is 16.6 Å². The second-order valence-corrected chi connectivity index (χ2v) is 6.43. The van der Waals surface area contributed by atoms with Gasteiger partial charge in [0, 0.05) is 17.1 Å². The van der Waals surface area contributed by atoms with Crippen LogP contribution in [0, 0.1) is 0 Å². The summed E-state index contributed by atoms with van der Waals surface area (Å²) in [5.41, 5.74) is 3.13. The zero-order valence-electron chi connectivity index (χ0n) is 13.7. The number of aromatic nitrogens is 1. The first kappa shape index (κ1) is 15.0. The SMILES string of the molecule is c1ccc2nc(COc3ccc(NC4CCCC4)cc3)ccc2c1. The number of anilines is 1. The van der Waals surface area contributed by atoms with Crippen molar-refractivity contribution in [1.29, 1.82) is 0 Å². The van der Waals surface area contributed by atoms with E-state index < -0.39 is 0 Å². The van der Waals surface area contributed by atoms with Crippen molar-refractivity contribution in [3.05, 3.63) is 66.4 Å². The molecule has 1 aromatic heterocycles. The van der Waals surface area contributed by atoms with Crippen LogP contribution in [-0.2, 0) is 6.61 Å². The van der Waals surface area contributed by atoms with Crippen LogP contribution < -0.4 is 10.1 Å². The van der Waals surface area contributed by atoms with E-state index in [1.165, 1.54) is 31.4 Å². The molecular weight excluding hydrogens is 296 g/mol. The van der Waals surface area contributed by atoms with Crippen LogP contribution in [0.3, 0.4) is 0 Å².